The Morgan fingerprint density at radius 2 is 0.602 bits per heavy atom. The maximum Gasteiger partial charge on any atom is 0.472 e. The molecule has 19 heteroatoms. The van der Waals surface area contributed by atoms with Crippen molar-refractivity contribution in [3.05, 3.63) is 24.3 Å². The second kappa shape index (κ2) is 70.2. The minimum Gasteiger partial charge on any atom is -0.462 e. The summed E-state index contributed by atoms with van der Waals surface area (Å²) in [6.07, 6.45) is 61.9. The lowest BCUT2D eigenvalue weighted by Crippen LogP contribution is -2.30. The van der Waals surface area contributed by atoms with E-state index in [0.29, 0.717) is 31.6 Å². The SMILES string of the molecule is CCCCCC/C=C\C=C/CCCCCCCC(=O)OC[C@H](COP(=O)(O)OC[C@@H](O)COP(=O)(O)OC[C@@H](COC(=O)CCCCCCCCCC(C)C)OC(=O)CCCCCCCCCCCCC)OC(=O)CCCCCCCCCCCCCCCCCCCCC(C)CC. The number of aliphatic hydroxyl groups excluding tert-OH is 1. The Bertz CT molecular complexity index is 1990. The number of allylic oxidation sites excluding steroid dienone is 4. The largest absolute Gasteiger partial charge is 0.472 e. The molecular formula is C79H150O17P2. The molecule has 0 aromatic carbocycles. The number of hydrogen-bond acceptors (Lipinski definition) is 15. The zero-order valence-corrected chi connectivity index (χ0v) is 65.4. The van der Waals surface area contributed by atoms with Gasteiger partial charge in [-0.2, -0.15) is 0 Å². The summed E-state index contributed by atoms with van der Waals surface area (Å²) in [5, 5.41) is 10.6. The minimum absolute atomic E-state index is 0.101. The first-order chi connectivity index (χ1) is 47.4. The molecule has 0 saturated heterocycles. The predicted octanol–water partition coefficient (Wildman–Crippen LogP) is 23.1. The molecule has 0 aliphatic carbocycles. The summed E-state index contributed by atoms with van der Waals surface area (Å²) in [5.74, 6) is -0.571. The highest BCUT2D eigenvalue weighted by molar-refractivity contribution is 7.47. The molecule has 0 heterocycles. The van der Waals surface area contributed by atoms with Crippen molar-refractivity contribution in [2.75, 3.05) is 39.6 Å². The van der Waals surface area contributed by atoms with Crippen molar-refractivity contribution in [1.82, 2.24) is 0 Å². The number of ether oxygens (including phenoxy) is 4. The van der Waals surface area contributed by atoms with Gasteiger partial charge in [0.25, 0.3) is 0 Å². The quantitative estimate of drug-likeness (QED) is 0.0169. The Morgan fingerprint density at radius 3 is 0.918 bits per heavy atom. The molecule has 0 fully saturated rings. The molecule has 578 valence electrons. The summed E-state index contributed by atoms with van der Waals surface area (Å²) in [4.78, 5) is 72.8. The maximum atomic E-state index is 13.1. The predicted molar refractivity (Wildman–Crippen MR) is 400 cm³/mol. The fourth-order valence-electron chi connectivity index (χ4n) is 11.6. The molecule has 3 N–H and O–H groups in total. The fraction of sp³-hybridized carbons (Fsp3) is 0.899. The van der Waals surface area contributed by atoms with E-state index in [0.717, 1.165) is 121 Å². The number of carbonyl (C=O) groups excluding carboxylic acids is 4. The van der Waals surface area contributed by atoms with E-state index >= 15 is 0 Å². The highest BCUT2D eigenvalue weighted by Gasteiger charge is 2.30. The van der Waals surface area contributed by atoms with Gasteiger partial charge in [0.05, 0.1) is 26.4 Å². The van der Waals surface area contributed by atoms with E-state index in [2.05, 4.69) is 65.8 Å². The average Bonchev–Trinajstić information content (AvgIpc) is 0.938. The van der Waals surface area contributed by atoms with E-state index in [9.17, 15) is 43.2 Å². The van der Waals surface area contributed by atoms with Crippen molar-refractivity contribution in [2.24, 2.45) is 11.8 Å². The standard InChI is InChI=1S/C79H150O17P2/c1-7-10-12-14-16-18-20-21-26-30-34-37-43-49-55-61-76(81)89-67-74(95-79(84)64-58-52-45-39-35-31-28-25-23-22-24-27-29-33-36-42-48-54-60-72(6)9-3)69-93-97(85,86)91-65-73(80)66-92-98(87,88)94-70-75(68-90-77(82)62-56-50-46-40-41-47-53-59-71(4)5)96-78(83)63-57-51-44-38-32-19-17-15-13-11-8-2/h18,20-21,26,71-75,80H,7-17,19,22-25,27-70H2,1-6H3,(H,85,86)(H,87,88)/b20-18-,26-21-/t72?,73-,74-,75-/m1/s1. The zero-order valence-electron chi connectivity index (χ0n) is 63.6. The summed E-state index contributed by atoms with van der Waals surface area (Å²) < 4.78 is 68.5. The van der Waals surface area contributed by atoms with Crippen LogP contribution in [0.15, 0.2) is 24.3 Å². The first-order valence-corrected chi connectivity index (χ1v) is 43.3. The second-order valence-electron chi connectivity index (χ2n) is 28.5. The molecule has 0 aliphatic heterocycles. The molecule has 0 aliphatic rings. The van der Waals surface area contributed by atoms with Crippen LogP contribution >= 0.6 is 15.6 Å². The topological polar surface area (TPSA) is 237 Å². The van der Waals surface area contributed by atoms with Crippen LogP contribution in [0.5, 0.6) is 0 Å². The number of phosphoric ester groups is 2. The number of esters is 4. The third-order valence-electron chi connectivity index (χ3n) is 18.2. The normalized spacial score (nSPS) is 14.4. The molecule has 0 bridgehead atoms. The third kappa shape index (κ3) is 70.6. The van der Waals surface area contributed by atoms with Crippen LogP contribution in [0.1, 0.15) is 388 Å². The van der Waals surface area contributed by atoms with E-state index in [-0.39, 0.29) is 25.7 Å². The molecule has 0 spiro atoms. The van der Waals surface area contributed by atoms with Gasteiger partial charge < -0.3 is 33.8 Å². The minimum atomic E-state index is -4.97. The summed E-state index contributed by atoms with van der Waals surface area (Å²) in [7, 11) is -9.92. The Kier molecular flexibility index (Phi) is 68.5. The van der Waals surface area contributed by atoms with Gasteiger partial charge in [-0.05, 0) is 63.2 Å². The lowest BCUT2D eigenvalue weighted by Gasteiger charge is -2.21. The van der Waals surface area contributed by atoms with Gasteiger partial charge in [-0.1, -0.05) is 336 Å². The zero-order chi connectivity index (χ0) is 72.1. The van der Waals surface area contributed by atoms with Crippen molar-refractivity contribution in [1.29, 1.82) is 0 Å². The van der Waals surface area contributed by atoms with Crippen molar-refractivity contribution >= 4 is 39.5 Å². The van der Waals surface area contributed by atoms with Crippen LogP contribution in [-0.2, 0) is 65.4 Å². The average molecular weight is 1430 g/mol. The summed E-state index contributed by atoms with van der Waals surface area (Å²) in [5.41, 5.74) is 0. The monoisotopic (exact) mass is 1430 g/mol. The van der Waals surface area contributed by atoms with E-state index in [4.69, 9.17) is 37.0 Å². The van der Waals surface area contributed by atoms with Crippen LogP contribution in [0.3, 0.4) is 0 Å². The number of phosphoric acid groups is 2. The number of unbranched alkanes of at least 4 members (excludes halogenated alkanes) is 42. The molecule has 0 aromatic rings. The van der Waals surface area contributed by atoms with Crippen LogP contribution in [0.4, 0.5) is 0 Å². The molecule has 98 heavy (non-hydrogen) atoms. The Hall–Kier alpha value is -2.46. The Balaban J connectivity index is 5.23. The van der Waals surface area contributed by atoms with Gasteiger partial charge in [0.2, 0.25) is 0 Å². The van der Waals surface area contributed by atoms with E-state index in [1.165, 1.54) is 180 Å². The number of aliphatic hydroxyl groups is 1. The van der Waals surface area contributed by atoms with Gasteiger partial charge in [0.15, 0.2) is 12.2 Å². The fourth-order valence-corrected chi connectivity index (χ4v) is 13.2. The van der Waals surface area contributed by atoms with Crippen LogP contribution in [-0.4, -0.2) is 96.7 Å². The number of carbonyl (C=O) groups is 4. The van der Waals surface area contributed by atoms with Crippen molar-refractivity contribution in [2.45, 2.75) is 407 Å². The smallest absolute Gasteiger partial charge is 0.462 e. The first kappa shape index (κ1) is 95.5. The van der Waals surface area contributed by atoms with Gasteiger partial charge in [-0.3, -0.25) is 37.3 Å². The van der Waals surface area contributed by atoms with Crippen molar-refractivity contribution in [3.63, 3.8) is 0 Å². The number of hydrogen-bond donors (Lipinski definition) is 3. The summed E-state index contributed by atoms with van der Waals surface area (Å²) in [6.45, 7) is 9.55. The van der Waals surface area contributed by atoms with Gasteiger partial charge in [-0.25, -0.2) is 9.13 Å². The maximum absolute atomic E-state index is 13.1. The van der Waals surface area contributed by atoms with E-state index < -0.39 is 97.5 Å². The highest BCUT2D eigenvalue weighted by atomic mass is 31.2. The molecule has 0 aromatic heterocycles. The van der Waals surface area contributed by atoms with Gasteiger partial charge >= 0.3 is 39.5 Å². The molecule has 0 amide bonds. The van der Waals surface area contributed by atoms with Gasteiger partial charge in [-0.15, -0.1) is 0 Å². The molecular weight excluding hydrogens is 1280 g/mol. The van der Waals surface area contributed by atoms with E-state index in [1.54, 1.807) is 0 Å². The van der Waals surface area contributed by atoms with Crippen molar-refractivity contribution < 1.29 is 80.2 Å². The molecule has 17 nitrogen and oxygen atoms in total. The van der Waals surface area contributed by atoms with Crippen LogP contribution in [0.25, 0.3) is 0 Å². The van der Waals surface area contributed by atoms with Crippen LogP contribution < -0.4 is 0 Å². The highest BCUT2D eigenvalue weighted by Crippen LogP contribution is 2.45. The first-order valence-electron chi connectivity index (χ1n) is 40.3. The van der Waals surface area contributed by atoms with Gasteiger partial charge in [0, 0.05) is 25.7 Å². The molecule has 0 rings (SSSR count). The lowest BCUT2D eigenvalue weighted by atomic mass is 9.99. The van der Waals surface area contributed by atoms with E-state index in [1.807, 2.05) is 0 Å². The van der Waals surface area contributed by atoms with Crippen LogP contribution in [0.2, 0.25) is 0 Å². The molecule has 0 saturated carbocycles. The lowest BCUT2D eigenvalue weighted by molar-refractivity contribution is -0.161. The Labute approximate surface area is 599 Å². The van der Waals surface area contributed by atoms with Gasteiger partial charge in [0.1, 0.15) is 19.3 Å². The second-order valence-corrected chi connectivity index (χ2v) is 31.4. The molecule has 6 atom stereocenters. The molecule has 3 unspecified atom stereocenters. The Morgan fingerprint density at radius 1 is 0.337 bits per heavy atom. The van der Waals surface area contributed by atoms with Crippen LogP contribution in [0, 0.1) is 11.8 Å². The summed E-state index contributed by atoms with van der Waals surface area (Å²) >= 11 is 0. The van der Waals surface area contributed by atoms with Crippen molar-refractivity contribution in [3.8, 4) is 0 Å². The number of rotatable bonds is 76. The third-order valence-corrected chi connectivity index (χ3v) is 20.1. The summed E-state index contributed by atoms with van der Waals surface area (Å²) in [6, 6.07) is 0. The molecule has 0 radical (unpaired) electrons.